The van der Waals surface area contributed by atoms with Crippen molar-refractivity contribution in [2.75, 3.05) is 19.8 Å². The van der Waals surface area contributed by atoms with Crippen molar-refractivity contribution in [3.8, 4) is 0 Å². The van der Waals surface area contributed by atoms with E-state index < -0.39 is 53.7 Å². The van der Waals surface area contributed by atoms with Crippen molar-refractivity contribution in [2.24, 2.45) is 17.3 Å². The molecule has 0 radical (unpaired) electrons. The number of carbonyl (C=O) groups excluding carboxylic acids is 4. The van der Waals surface area contributed by atoms with E-state index in [9.17, 15) is 19.2 Å². The summed E-state index contributed by atoms with van der Waals surface area (Å²) in [6, 6.07) is -2.71. The van der Waals surface area contributed by atoms with Gasteiger partial charge < -0.3 is 29.7 Å². The summed E-state index contributed by atoms with van der Waals surface area (Å²) in [6.07, 6.45) is 4.67. The summed E-state index contributed by atoms with van der Waals surface area (Å²) in [7, 11) is 0. The van der Waals surface area contributed by atoms with Gasteiger partial charge in [-0.1, -0.05) is 32.4 Å². The number of nitrogens with zero attached hydrogens (tertiary/aromatic N) is 1. The third kappa shape index (κ3) is 8.56. The molecule has 2 aliphatic rings. The number of allylic oxidation sites excluding steroid dienone is 1. The van der Waals surface area contributed by atoms with E-state index in [2.05, 4.69) is 37.6 Å². The first kappa shape index (κ1) is 33.3. The lowest BCUT2D eigenvalue weighted by Crippen LogP contribution is -2.60. The van der Waals surface area contributed by atoms with Gasteiger partial charge in [0.1, 0.15) is 23.7 Å². The highest BCUT2D eigenvalue weighted by atomic mass is 16.6. The standard InChI is InChI=1S/C30H49N3O7/c1-10-13-14-15-16-21(27(36)38-12-3)31-25(34)24-22-20(30(22,8)9)18-33(24)26(35)23(19(4)39-17-11-2)32-28(37)40-29(5,6)7/h10-11,19-24H,1-2,12-18H2,3-9H3,(H,31,34)(H,32,37)/t19-,20-,21-,22-,23-,24-/m0/s1. The van der Waals surface area contributed by atoms with Crippen LogP contribution in [0, 0.1) is 17.3 Å². The SMILES string of the molecule is C=CCCCC[C@H](NC(=O)[C@@H]1[C@@H]2[C@H](CN1C(=O)[C@@H](NC(=O)OC(C)(C)C)[C@H](C)OCC=C)C2(C)C)C(=O)OCC. The molecule has 0 aromatic carbocycles. The van der Waals surface area contributed by atoms with Crippen LogP contribution < -0.4 is 10.6 Å². The second kappa shape index (κ2) is 14.1. The number of ether oxygens (including phenoxy) is 3. The quantitative estimate of drug-likeness (QED) is 0.177. The van der Waals surface area contributed by atoms with Gasteiger partial charge in [-0.15, -0.1) is 13.2 Å². The molecule has 40 heavy (non-hydrogen) atoms. The first-order valence-electron chi connectivity index (χ1n) is 14.3. The molecule has 1 heterocycles. The molecular weight excluding hydrogens is 514 g/mol. The molecule has 3 amide bonds. The van der Waals surface area contributed by atoms with E-state index in [1.165, 1.54) is 4.90 Å². The number of hydrogen-bond donors (Lipinski definition) is 2. The zero-order chi connectivity index (χ0) is 30.3. The van der Waals surface area contributed by atoms with Crippen LogP contribution in [-0.2, 0) is 28.6 Å². The topological polar surface area (TPSA) is 123 Å². The van der Waals surface area contributed by atoms with Gasteiger partial charge in [0.2, 0.25) is 11.8 Å². The van der Waals surface area contributed by atoms with Gasteiger partial charge >= 0.3 is 12.1 Å². The number of esters is 1. The van der Waals surface area contributed by atoms with Crippen molar-refractivity contribution in [1.29, 1.82) is 0 Å². The van der Waals surface area contributed by atoms with E-state index >= 15 is 0 Å². The lowest BCUT2D eigenvalue weighted by atomic mass is 9.98. The predicted octanol–water partition coefficient (Wildman–Crippen LogP) is 3.75. The summed E-state index contributed by atoms with van der Waals surface area (Å²) >= 11 is 0. The summed E-state index contributed by atoms with van der Waals surface area (Å²) in [6.45, 7) is 20.9. The average Bonchev–Trinajstić information content (AvgIpc) is 3.19. The van der Waals surface area contributed by atoms with E-state index in [0.29, 0.717) is 19.4 Å². The Morgan fingerprint density at radius 2 is 1.77 bits per heavy atom. The fourth-order valence-corrected chi connectivity index (χ4v) is 5.51. The molecule has 2 fully saturated rings. The van der Waals surface area contributed by atoms with Crippen molar-refractivity contribution in [2.45, 2.75) is 104 Å². The van der Waals surface area contributed by atoms with Crippen LogP contribution in [0.5, 0.6) is 0 Å². The molecule has 0 aromatic rings. The molecule has 0 bridgehead atoms. The number of amides is 3. The molecular formula is C30H49N3O7. The first-order chi connectivity index (χ1) is 18.7. The summed E-state index contributed by atoms with van der Waals surface area (Å²) in [5.41, 5.74) is -0.903. The van der Waals surface area contributed by atoms with Crippen LogP contribution in [0.1, 0.15) is 74.1 Å². The van der Waals surface area contributed by atoms with Crippen molar-refractivity contribution < 1.29 is 33.4 Å². The predicted molar refractivity (Wildman–Crippen MR) is 152 cm³/mol. The van der Waals surface area contributed by atoms with Crippen LogP contribution in [0.25, 0.3) is 0 Å². The number of unbranched alkanes of at least 4 members (excludes halogenated alkanes) is 2. The Kier molecular flexibility index (Phi) is 11.8. The second-order valence-corrected chi connectivity index (χ2v) is 12.2. The normalized spacial score (nSPS) is 23.2. The number of rotatable bonds is 15. The molecule has 1 saturated heterocycles. The lowest BCUT2D eigenvalue weighted by molar-refractivity contribution is -0.149. The molecule has 2 N–H and O–H groups in total. The highest BCUT2D eigenvalue weighted by Crippen LogP contribution is 2.65. The molecule has 10 nitrogen and oxygen atoms in total. The van der Waals surface area contributed by atoms with Crippen LogP contribution in [0.3, 0.4) is 0 Å². The maximum Gasteiger partial charge on any atom is 0.408 e. The van der Waals surface area contributed by atoms with Crippen LogP contribution in [-0.4, -0.2) is 78.4 Å². The number of likely N-dealkylation sites (tertiary alicyclic amines) is 1. The van der Waals surface area contributed by atoms with Crippen LogP contribution in [0.15, 0.2) is 25.3 Å². The molecule has 0 aromatic heterocycles. The molecule has 0 spiro atoms. The van der Waals surface area contributed by atoms with Gasteiger partial charge in [-0.2, -0.15) is 0 Å². The fourth-order valence-electron chi connectivity index (χ4n) is 5.51. The average molecular weight is 564 g/mol. The maximum absolute atomic E-state index is 14.0. The molecule has 2 rings (SSSR count). The monoisotopic (exact) mass is 563 g/mol. The van der Waals surface area contributed by atoms with Gasteiger partial charge in [-0.05, 0) is 71.1 Å². The van der Waals surface area contributed by atoms with Crippen molar-refractivity contribution in [3.05, 3.63) is 25.3 Å². The van der Waals surface area contributed by atoms with Crippen molar-refractivity contribution in [1.82, 2.24) is 15.5 Å². The van der Waals surface area contributed by atoms with Gasteiger partial charge in [0.15, 0.2) is 0 Å². The van der Waals surface area contributed by atoms with E-state index in [1.54, 1.807) is 40.7 Å². The fraction of sp³-hybridized carbons (Fsp3) is 0.733. The summed E-state index contributed by atoms with van der Waals surface area (Å²) < 4.78 is 16.3. The Labute approximate surface area is 239 Å². The van der Waals surface area contributed by atoms with Gasteiger partial charge in [0.25, 0.3) is 0 Å². The third-order valence-electron chi connectivity index (χ3n) is 7.68. The Balaban J connectivity index is 2.29. The summed E-state index contributed by atoms with van der Waals surface area (Å²) in [5, 5.41) is 5.54. The third-order valence-corrected chi connectivity index (χ3v) is 7.68. The number of piperidine rings is 1. The molecule has 1 aliphatic heterocycles. The van der Waals surface area contributed by atoms with E-state index in [4.69, 9.17) is 14.2 Å². The smallest absolute Gasteiger partial charge is 0.408 e. The Morgan fingerprint density at radius 3 is 2.35 bits per heavy atom. The second-order valence-electron chi connectivity index (χ2n) is 12.2. The molecule has 226 valence electrons. The van der Waals surface area contributed by atoms with Crippen LogP contribution in [0.2, 0.25) is 0 Å². The van der Waals surface area contributed by atoms with E-state index in [1.807, 2.05) is 6.08 Å². The van der Waals surface area contributed by atoms with Gasteiger partial charge in [0, 0.05) is 6.54 Å². The van der Waals surface area contributed by atoms with Crippen LogP contribution >= 0.6 is 0 Å². The van der Waals surface area contributed by atoms with Crippen molar-refractivity contribution in [3.63, 3.8) is 0 Å². The number of fused-ring (bicyclic) bond motifs is 1. The molecule has 1 aliphatic carbocycles. The molecule has 10 heteroatoms. The largest absolute Gasteiger partial charge is 0.464 e. The number of hydrogen-bond acceptors (Lipinski definition) is 7. The summed E-state index contributed by atoms with van der Waals surface area (Å²) in [5.74, 6) is -1.29. The lowest BCUT2D eigenvalue weighted by Gasteiger charge is -2.35. The highest BCUT2D eigenvalue weighted by Gasteiger charge is 2.69. The van der Waals surface area contributed by atoms with E-state index in [-0.39, 0.29) is 30.5 Å². The molecule has 0 unspecified atom stereocenters. The Hall–Kier alpha value is -2.88. The first-order valence-corrected chi connectivity index (χ1v) is 14.3. The highest BCUT2D eigenvalue weighted by molar-refractivity contribution is 5.94. The zero-order valence-electron chi connectivity index (χ0n) is 25.3. The zero-order valence-corrected chi connectivity index (χ0v) is 25.3. The minimum absolute atomic E-state index is 0.0772. The molecule has 1 saturated carbocycles. The number of carbonyl (C=O) groups is 4. The van der Waals surface area contributed by atoms with Crippen LogP contribution in [0.4, 0.5) is 4.79 Å². The maximum atomic E-state index is 14.0. The molecule has 6 atom stereocenters. The minimum atomic E-state index is -1.09. The number of nitrogens with one attached hydrogen (secondary N) is 2. The van der Waals surface area contributed by atoms with Gasteiger partial charge in [-0.25, -0.2) is 9.59 Å². The van der Waals surface area contributed by atoms with E-state index in [0.717, 1.165) is 12.8 Å². The van der Waals surface area contributed by atoms with Crippen molar-refractivity contribution >= 4 is 23.9 Å². The van der Waals surface area contributed by atoms with Gasteiger partial charge in [0.05, 0.1) is 19.3 Å². The number of alkyl carbamates (subject to hydrolysis) is 1. The Morgan fingerprint density at radius 1 is 1.10 bits per heavy atom. The minimum Gasteiger partial charge on any atom is -0.464 e. The van der Waals surface area contributed by atoms with Gasteiger partial charge in [-0.3, -0.25) is 9.59 Å². The summed E-state index contributed by atoms with van der Waals surface area (Å²) in [4.78, 5) is 54.7. The Bertz CT molecular complexity index is 942.